The first-order valence-corrected chi connectivity index (χ1v) is 10.1. The molecule has 2 amide bonds. The maximum Gasteiger partial charge on any atom is 0.240 e. The number of rotatable bonds is 6. The molecule has 1 N–H and O–H groups in total. The minimum absolute atomic E-state index is 0.00119. The van der Waals surface area contributed by atoms with E-state index in [-0.39, 0.29) is 18.4 Å². The summed E-state index contributed by atoms with van der Waals surface area (Å²) in [5, 5.41) is 2.96. The molecule has 1 aromatic rings. The van der Waals surface area contributed by atoms with Crippen molar-refractivity contribution < 1.29 is 9.59 Å². The molecule has 25 heavy (non-hydrogen) atoms. The Morgan fingerprint density at radius 3 is 2.84 bits per heavy atom. The zero-order valence-corrected chi connectivity index (χ0v) is 15.7. The molecule has 5 nitrogen and oxygen atoms in total. The van der Waals surface area contributed by atoms with Crippen LogP contribution in [-0.2, 0) is 9.59 Å². The van der Waals surface area contributed by atoms with Gasteiger partial charge < -0.3 is 15.1 Å². The van der Waals surface area contributed by atoms with Crippen LogP contribution in [-0.4, -0.2) is 55.2 Å². The highest BCUT2D eigenvalue weighted by Gasteiger charge is 2.26. The zero-order chi connectivity index (χ0) is 17.6. The maximum absolute atomic E-state index is 12.2. The number of anilines is 1. The van der Waals surface area contributed by atoms with Gasteiger partial charge in [-0.25, -0.2) is 0 Å². The third-order valence-corrected chi connectivity index (χ3v) is 6.01. The van der Waals surface area contributed by atoms with Gasteiger partial charge in [0, 0.05) is 11.4 Å². The second kappa shape index (κ2) is 8.72. The van der Waals surface area contributed by atoms with Crippen LogP contribution in [0.2, 0.25) is 0 Å². The van der Waals surface area contributed by atoms with Crippen molar-refractivity contribution in [1.82, 2.24) is 10.2 Å². The molecular weight excluding hydrogens is 334 g/mol. The highest BCUT2D eigenvalue weighted by atomic mass is 32.2. The molecule has 1 fully saturated rings. The summed E-state index contributed by atoms with van der Waals surface area (Å²) in [7, 11) is 0. The van der Waals surface area contributed by atoms with E-state index in [1.165, 1.54) is 37.7 Å². The quantitative estimate of drug-likeness (QED) is 0.791. The lowest BCUT2D eigenvalue weighted by atomic mass is 9.99. The van der Waals surface area contributed by atoms with E-state index in [2.05, 4.69) is 17.1 Å². The molecule has 1 aromatic carbocycles. The van der Waals surface area contributed by atoms with E-state index in [0.717, 1.165) is 29.5 Å². The van der Waals surface area contributed by atoms with Crippen molar-refractivity contribution in [3.63, 3.8) is 0 Å². The van der Waals surface area contributed by atoms with Gasteiger partial charge in [0.25, 0.3) is 0 Å². The van der Waals surface area contributed by atoms with Crippen LogP contribution in [0, 0.1) is 5.92 Å². The lowest BCUT2D eigenvalue weighted by Gasteiger charge is -2.30. The standard InChI is InChI=1S/C19H27N3O2S/c1-15-7-11-21(12-8-15)10-4-9-20-18(23)13-22-16-5-2-3-6-17(16)25-14-19(22)24/h2-3,5-6,15H,4,7-14H2,1H3,(H,20,23). The number of carbonyl (C=O) groups is 2. The number of nitrogens with zero attached hydrogens (tertiary/aromatic N) is 2. The highest BCUT2D eigenvalue weighted by Crippen LogP contribution is 2.34. The van der Waals surface area contributed by atoms with Crippen LogP contribution >= 0.6 is 11.8 Å². The Labute approximate surface area is 154 Å². The number of amides is 2. The average Bonchev–Trinajstić information content (AvgIpc) is 2.63. The van der Waals surface area contributed by atoms with Crippen molar-refractivity contribution in [2.45, 2.75) is 31.1 Å². The van der Waals surface area contributed by atoms with Gasteiger partial charge in [-0.1, -0.05) is 19.1 Å². The van der Waals surface area contributed by atoms with E-state index in [1.54, 1.807) is 4.90 Å². The molecule has 0 spiro atoms. The number of para-hydroxylation sites is 1. The Morgan fingerprint density at radius 1 is 1.28 bits per heavy atom. The van der Waals surface area contributed by atoms with E-state index in [9.17, 15) is 9.59 Å². The van der Waals surface area contributed by atoms with Crippen molar-refractivity contribution in [2.75, 3.05) is 43.4 Å². The molecule has 0 aromatic heterocycles. The fraction of sp³-hybridized carbons (Fsp3) is 0.579. The summed E-state index contributed by atoms with van der Waals surface area (Å²) in [6.07, 6.45) is 3.52. The van der Waals surface area contributed by atoms with Crippen LogP contribution in [0.25, 0.3) is 0 Å². The number of likely N-dealkylation sites (tertiary alicyclic amines) is 1. The zero-order valence-electron chi connectivity index (χ0n) is 14.9. The molecule has 2 aliphatic heterocycles. The van der Waals surface area contributed by atoms with Crippen LogP contribution in [0.1, 0.15) is 26.2 Å². The predicted octanol–water partition coefficient (Wildman–Crippen LogP) is 2.36. The third kappa shape index (κ3) is 4.98. The largest absolute Gasteiger partial charge is 0.355 e. The average molecular weight is 362 g/mol. The minimum atomic E-state index is -0.0812. The van der Waals surface area contributed by atoms with Crippen LogP contribution in [0.5, 0.6) is 0 Å². The summed E-state index contributed by atoms with van der Waals surface area (Å²) in [6.45, 7) is 6.48. The summed E-state index contributed by atoms with van der Waals surface area (Å²) < 4.78 is 0. The first-order valence-electron chi connectivity index (χ1n) is 9.15. The second-order valence-corrected chi connectivity index (χ2v) is 7.98. The summed E-state index contributed by atoms with van der Waals surface area (Å²) in [4.78, 5) is 29.6. The molecule has 0 radical (unpaired) electrons. The number of hydrogen-bond acceptors (Lipinski definition) is 4. The Morgan fingerprint density at radius 2 is 2.04 bits per heavy atom. The molecule has 2 heterocycles. The van der Waals surface area contributed by atoms with Gasteiger partial charge in [0.05, 0.1) is 11.4 Å². The van der Waals surface area contributed by atoms with Gasteiger partial charge in [-0.3, -0.25) is 9.59 Å². The van der Waals surface area contributed by atoms with Crippen LogP contribution < -0.4 is 10.2 Å². The molecular formula is C19H27N3O2S. The first kappa shape index (κ1) is 18.3. The van der Waals surface area contributed by atoms with Gasteiger partial charge in [-0.15, -0.1) is 11.8 Å². The van der Waals surface area contributed by atoms with Gasteiger partial charge in [0.1, 0.15) is 6.54 Å². The SMILES string of the molecule is CC1CCN(CCCNC(=O)CN2C(=O)CSc3ccccc32)CC1. The van der Waals surface area contributed by atoms with Gasteiger partial charge >= 0.3 is 0 Å². The lowest BCUT2D eigenvalue weighted by Crippen LogP contribution is -2.43. The summed E-state index contributed by atoms with van der Waals surface area (Å²) in [5.74, 6) is 1.17. The van der Waals surface area contributed by atoms with Gasteiger partial charge in [-0.2, -0.15) is 0 Å². The van der Waals surface area contributed by atoms with E-state index in [1.807, 2.05) is 24.3 Å². The van der Waals surface area contributed by atoms with E-state index in [0.29, 0.717) is 12.3 Å². The van der Waals surface area contributed by atoms with Crippen molar-refractivity contribution >= 4 is 29.3 Å². The Balaban J connectivity index is 1.41. The van der Waals surface area contributed by atoms with Gasteiger partial charge in [0.2, 0.25) is 11.8 Å². The molecule has 0 unspecified atom stereocenters. The number of benzene rings is 1. The molecule has 136 valence electrons. The fourth-order valence-electron chi connectivity index (χ4n) is 3.34. The van der Waals surface area contributed by atoms with Crippen LogP contribution in [0.4, 0.5) is 5.69 Å². The predicted molar refractivity (Wildman–Crippen MR) is 102 cm³/mol. The molecule has 0 atom stereocenters. The smallest absolute Gasteiger partial charge is 0.240 e. The van der Waals surface area contributed by atoms with Crippen LogP contribution in [0.15, 0.2) is 29.2 Å². The molecule has 0 aliphatic carbocycles. The topological polar surface area (TPSA) is 52.7 Å². The van der Waals surface area contributed by atoms with Crippen molar-refractivity contribution in [3.05, 3.63) is 24.3 Å². The molecule has 3 rings (SSSR count). The molecule has 6 heteroatoms. The number of thioether (sulfide) groups is 1. The van der Waals surface area contributed by atoms with E-state index < -0.39 is 0 Å². The highest BCUT2D eigenvalue weighted by molar-refractivity contribution is 8.00. The number of nitrogens with one attached hydrogen (secondary N) is 1. The Hall–Kier alpha value is -1.53. The summed E-state index contributed by atoms with van der Waals surface area (Å²) in [6, 6.07) is 7.77. The second-order valence-electron chi connectivity index (χ2n) is 6.96. The van der Waals surface area contributed by atoms with E-state index in [4.69, 9.17) is 0 Å². The van der Waals surface area contributed by atoms with Crippen LogP contribution in [0.3, 0.4) is 0 Å². The van der Waals surface area contributed by atoms with Crippen molar-refractivity contribution in [1.29, 1.82) is 0 Å². The number of hydrogen-bond donors (Lipinski definition) is 1. The molecule has 0 bridgehead atoms. The number of carbonyl (C=O) groups excluding carboxylic acids is 2. The van der Waals surface area contributed by atoms with E-state index >= 15 is 0 Å². The van der Waals surface area contributed by atoms with Crippen molar-refractivity contribution in [2.24, 2.45) is 5.92 Å². The lowest BCUT2D eigenvalue weighted by molar-refractivity contribution is -0.123. The number of fused-ring (bicyclic) bond motifs is 1. The van der Waals surface area contributed by atoms with Gasteiger partial charge in [-0.05, 0) is 56.9 Å². The molecule has 2 aliphatic rings. The normalized spacial score (nSPS) is 18.9. The Bertz CT molecular complexity index is 614. The minimum Gasteiger partial charge on any atom is -0.355 e. The first-order chi connectivity index (χ1) is 12.1. The maximum atomic E-state index is 12.2. The summed E-state index contributed by atoms with van der Waals surface area (Å²) in [5.41, 5.74) is 0.848. The fourth-order valence-corrected chi connectivity index (χ4v) is 4.28. The molecule has 1 saturated heterocycles. The Kier molecular flexibility index (Phi) is 6.37. The number of piperidine rings is 1. The van der Waals surface area contributed by atoms with Crippen molar-refractivity contribution in [3.8, 4) is 0 Å². The summed E-state index contributed by atoms with van der Waals surface area (Å²) >= 11 is 1.54. The third-order valence-electron chi connectivity index (χ3n) is 4.96. The van der Waals surface area contributed by atoms with Gasteiger partial charge in [0.15, 0.2) is 0 Å². The molecule has 0 saturated carbocycles. The monoisotopic (exact) mass is 361 g/mol.